The van der Waals surface area contributed by atoms with Crippen molar-refractivity contribution >= 4 is 18.0 Å². The molecule has 0 aliphatic heterocycles. The van der Waals surface area contributed by atoms with Gasteiger partial charge in [-0.2, -0.15) is 0 Å². The van der Waals surface area contributed by atoms with Gasteiger partial charge in [-0.05, 0) is 24.1 Å². The Morgan fingerprint density at radius 3 is 2.17 bits per heavy atom. The Morgan fingerprint density at radius 2 is 1.67 bits per heavy atom. The highest BCUT2D eigenvalue weighted by molar-refractivity contribution is 5.69. The Balaban J connectivity index is 2.79. The molecule has 0 amide bonds. The second-order valence-electron chi connectivity index (χ2n) is 3.80. The van der Waals surface area contributed by atoms with Crippen molar-refractivity contribution in [3.8, 4) is 0 Å². The van der Waals surface area contributed by atoms with Gasteiger partial charge in [0.15, 0.2) is 0 Å². The van der Waals surface area contributed by atoms with Crippen LogP contribution in [0.25, 0.3) is 6.08 Å². The SMILES string of the molecule is CC(=O)OC(C=Cc1ccccc1C)OC(C)=O. The Labute approximate surface area is 106 Å². The van der Waals surface area contributed by atoms with Crippen LogP contribution in [0.1, 0.15) is 25.0 Å². The molecule has 0 spiro atoms. The first-order valence-corrected chi connectivity index (χ1v) is 5.57. The van der Waals surface area contributed by atoms with Crippen LogP contribution in [0, 0.1) is 6.92 Å². The lowest BCUT2D eigenvalue weighted by Crippen LogP contribution is -2.19. The van der Waals surface area contributed by atoms with Crippen LogP contribution in [0.3, 0.4) is 0 Å². The molecule has 0 aliphatic rings. The van der Waals surface area contributed by atoms with E-state index in [9.17, 15) is 9.59 Å². The summed E-state index contributed by atoms with van der Waals surface area (Å²) in [6, 6.07) is 7.72. The molecule has 0 fully saturated rings. The number of carbonyl (C=O) groups excluding carboxylic acids is 2. The third kappa shape index (κ3) is 4.82. The highest BCUT2D eigenvalue weighted by Gasteiger charge is 2.10. The minimum absolute atomic E-state index is 0.504. The fraction of sp³-hybridized carbons (Fsp3) is 0.286. The van der Waals surface area contributed by atoms with Gasteiger partial charge in [0.25, 0.3) is 6.29 Å². The first-order chi connectivity index (χ1) is 8.49. The summed E-state index contributed by atoms with van der Waals surface area (Å²) in [5.41, 5.74) is 2.06. The minimum atomic E-state index is -0.986. The summed E-state index contributed by atoms with van der Waals surface area (Å²) >= 11 is 0. The summed E-state index contributed by atoms with van der Waals surface area (Å²) in [4.78, 5) is 21.7. The van der Waals surface area contributed by atoms with Crippen molar-refractivity contribution in [2.24, 2.45) is 0 Å². The molecule has 0 aromatic heterocycles. The Hall–Kier alpha value is -2.10. The molecule has 96 valence electrons. The van der Waals surface area contributed by atoms with Crippen LogP contribution in [-0.2, 0) is 19.1 Å². The van der Waals surface area contributed by atoms with Gasteiger partial charge in [-0.25, -0.2) is 0 Å². The topological polar surface area (TPSA) is 52.6 Å². The van der Waals surface area contributed by atoms with Crippen LogP contribution in [0.4, 0.5) is 0 Å². The van der Waals surface area contributed by atoms with E-state index in [4.69, 9.17) is 9.47 Å². The number of carbonyl (C=O) groups is 2. The molecular weight excluding hydrogens is 232 g/mol. The zero-order valence-electron chi connectivity index (χ0n) is 10.7. The molecule has 0 aliphatic carbocycles. The molecule has 0 N–H and O–H groups in total. The summed E-state index contributed by atoms with van der Waals surface area (Å²) in [6.07, 6.45) is 2.30. The molecule has 4 heteroatoms. The summed E-state index contributed by atoms with van der Waals surface area (Å²) in [7, 11) is 0. The smallest absolute Gasteiger partial charge is 0.305 e. The van der Waals surface area contributed by atoms with Gasteiger partial charge < -0.3 is 9.47 Å². The van der Waals surface area contributed by atoms with Crippen molar-refractivity contribution in [1.29, 1.82) is 0 Å². The van der Waals surface area contributed by atoms with E-state index in [1.54, 1.807) is 6.08 Å². The molecule has 0 atom stereocenters. The summed E-state index contributed by atoms with van der Waals surface area (Å²) in [5, 5.41) is 0. The zero-order valence-corrected chi connectivity index (χ0v) is 10.7. The van der Waals surface area contributed by atoms with Gasteiger partial charge in [-0.3, -0.25) is 9.59 Å². The molecule has 0 radical (unpaired) electrons. The summed E-state index contributed by atoms with van der Waals surface area (Å²) in [6.45, 7) is 4.49. The van der Waals surface area contributed by atoms with E-state index in [2.05, 4.69) is 0 Å². The Bertz CT molecular complexity index is 447. The van der Waals surface area contributed by atoms with Crippen LogP contribution in [0.5, 0.6) is 0 Å². The molecule has 1 rings (SSSR count). The van der Waals surface area contributed by atoms with Gasteiger partial charge in [0.2, 0.25) is 0 Å². The molecule has 4 nitrogen and oxygen atoms in total. The molecule has 0 unspecified atom stereocenters. The summed E-state index contributed by atoms with van der Waals surface area (Å²) < 4.78 is 9.71. The highest BCUT2D eigenvalue weighted by atomic mass is 16.7. The van der Waals surface area contributed by atoms with E-state index >= 15 is 0 Å². The third-order valence-electron chi connectivity index (χ3n) is 2.19. The van der Waals surface area contributed by atoms with E-state index in [0.717, 1.165) is 11.1 Å². The molecular formula is C14H16O4. The van der Waals surface area contributed by atoms with Gasteiger partial charge in [0.1, 0.15) is 0 Å². The molecule has 18 heavy (non-hydrogen) atoms. The first kappa shape index (κ1) is 14.0. The second kappa shape index (κ2) is 6.59. The number of rotatable bonds is 4. The maximum atomic E-state index is 10.9. The van der Waals surface area contributed by atoms with E-state index in [1.165, 1.54) is 19.9 Å². The average molecular weight is 248 g/mol. The quantitative estimate of drug-likeness (QED) is 0.606. The Kier molecular flexibility index (Phi) is 5.11. The lowest BCUT2D eigenvalue weighted by molar-refractivity contribution is -0.176. The monoisotopic (exact) mass is 248 g/mol. The van der Waals surface area contributed by atoms with Crippen molar-refractivity contribution in [2.45, 2.75) is 27.1 Å². The maximum Gasteiger partial charge on any atom is 0.305 e. The number of aryl methyl sites for hydroxylation is 1. The van der Waals surface area contributed by atoms with Crippen LogP contribution in [0.2, 0.25) is 0 Å². The molecule has 0 saturated carbocycles. The first-order valence-electron chi connectivity index (χ1n) is 5.57. The number of ether oxygens (including phenoxy) is 2. The second-order valence-corrected chi connectivity index (χ2v) is 3.80. The van der Waals surface area contributed by atoms with Crippen molar-refractivity contribution in [3.05, 3.63) is 41.5 Å². The standard InChI is InChI=1S/C14H16O4/c1-10-6-4-5-7-13(10)8-9-14(17-11(2)15)18-12(3)16/h4-9,14H,1-3H3. The number of hydrogen-bond acceptors (Lipinski definition) is 4. The third-order valence-corrected chi connectivity index (χ3v) is 2.19. The lowest BCUT2D eigenvalue weighted by atomic mass is 10.1. The number of benzene rings is 1. The van der Waals surface area contributed by atoms with Crippen molar-refractivity contribution in [3.63, 3.8) is 0 Å². The fourth-order valence-corrected chi connectivity index (χ4v) is 1.39. The van der Waals surface area contributed by atoms with E-state index in [-0.39, 0.29) is 0 Å². The van der Waals surface area contributed by atoms with Gasteiger partial charge in [0, 0.05) is 13.8 Å². The molecule has 1 aromatic rings. The van der Waals surface area contributed by atoms with Crippen LogP contribution in [0.15, 0.2) is 30.3 Å². The fourth-order valence-electron chi connectivity index (χ4n) is 1.39. The summed E-state index contributed by atoms with van der Waals surface area (Å²) in [5.74, 6) is -1.01. The maximum absolute atomic E-state index is 10.9. The molecule has 0 bridgehead atoms. The van der Waals surface area contributed by atoms with Crippen LogP contribution < -0.4 is 0 Å². The predicted molar refractivity (Wildman–Crippen MR) is 67.5 cm³/mol. The van der Waals surface area contributed by atoms with Crippen molar-refractivity contribution < 1.29 is 19.1 Å². The van der Waals surface area contributed by atoms with Gasteiger partial charge in [-0.15, -0.1) is 0 Å². The largest absolute Gasteiger partial charge is 0.421 e. The Morgan fingerprint density at radius 1 is 1.11 bits per heavy atom. The van der Waals surface area contributed by atoms with Gasteiger partial charge in [0.05, 0.1) is 0 Å². The van der Waals surface area contributed by atoms with Crippen molar-refractivity contribution in [2.75, 3.05) is 0 Å². The minimum Gasteiger partial charge on any atom is -0.421 e. The normalized spacial score (nSPS) is 10.7. The van der Waals surface area contributed by atoms with Gasteiger partial charge in [-0.1, -0.05) is 30.3 Å². The van der Waals surface area contributed by atoms with E-state index < -0.39 is 18.2 Å². The highest BCUT2D eigenvalue weighted by Crippen LogP contribution is 2.10. The van der Waals surface area contributed by atoms with Crippen LogP contribution >= 0.6 is 0 Å². The average Bonchev–Trinajstić information content (AvgIpc) is 2.26. The van der Waals surface area contributed by atoms with Gasteiger partial charge >= 0.3 is 11.9 Å². The number of hydrogen-bond donors (Lipinski definition) is 0. The lowest BCUT2D eigenvalue weighted by Gasteiger charge is -2.12. The van der Waals surface area contributed by atoms with Crippen LogP contribution in [-0.4, -0.2) is 18.2 Å². The predicted octanol–water partition coefficient (Wildman–Crippen LogP) is 2.46. The molecule has 0 saturated heterocycles. The molecule has 0 heterocycles. The van der Waals surface area contributed by atoms with E-state index in [0.29, 0.717) is 0 Å². The molecule has 1 aromatic carbocycles. The number of esters is 2. The zero-order chi connectivity index (χ0) is 13.5. The van der Waals surface area contributed by atoms with Crippen molar-refractivity contribution in [1.82, 2.24) is 0 Å². The van der Waals surface area contributed by atoms with E-state index in [1.807, 2.05) is 31.2 Å².